The van der Waals surface area contributed by atoms with Crippen molar-refractivity contribution in [3.63, 3.8) is 0 Å². The van der Waals surface area contributed by atoms with Gasteiger partial charge in [0.2, 0.25) is 0 Å². The van der Waals surface area contributed by atoms with Gasteiger partial charge in [-0.2, -0.15) is 0 Å². The SMILES string of the molecule is CC.CC(C)(C)CC(C)(C)COC(=O)CN. The standard InChI is InChI=1S/C11H23NO2.C2H6/c1-10(2,3)7-11(4,5)8-14-9(13)6-12;1-2/h6-8,12H2,1-5H3;1-2H3. The first-order valence-electron chi connectivity index (χ1n) is 6.02. The zero-order valence-corrected chi connectivity index (χ0v) is 12.0. The van der Waals surface area contributed by atoms with Crippen LogP contribution in [0.4, 0.5) is 0 Å². The van der Waals surface area contributed by atoms with Crippen molar-refractivity contribution in [1.82, 2.24) is 0 Å². The Balaban J connectivity index is 0. The van der Waals surface area contributed by atoms with Crippen LogP contribution in [0.25, 0.3) is 0 Å². The van der Waals surface area contributed by atoms with E-state index in [1.165, 1.54) is 0 Å². The highest BCUT2D eigenvalue weighted by Crippen LogP contribution is 2.33. The van der Waals surface area contributed by atoms with E-state index >= 15 is 0 Å². The first kappa shape index (κ1) is 17.8. The summed E-state index contributed by atoms with van der Waals surface area (Å²) in [7, 11) is 0. The fourth-order valence-electron chi connectivity index (χ4n) is 1.82. The van der Waals surface area contributed by atoms with E-state index in [2.05, 4.69) is 34.6 Å². The Morgan fingerprint density at radius 2 is 1.56 bits per heavy atom. The van der Waals surface area contributed by atoms with Gasteiger partial charge in [-0.25, -0.2) is 0 Å². The molecule has 0 radical (unpaired) electrons. The fraction of sp³-hybridized carbons (Fsp3) is 0.923. The van der Waals surface area contributed by atoms with Crippen LogP contribution < -0.4 is 5.73 Å². The minimum absolute atomic E-state index is 0.0169. The van der Waals surface area contributed by atoms with Crippen molar-refractivity contribution in [3.8, 4) is 0 Å². The molecule has 0 aliphatic rings. The molecule has 0 aromatic rings. The molecule has 0 aliphatic heterocycles. The lowest BCUT2D eigenvalue weighted by Crippen LogP contribution is -2.29. The van der Waals surface area contributed by atoms with Crippen molar-refractivity contribution >= 4 is 5.97 Å². The monoisotopic (exact) mass is 231 g/mol. The van der Waals surface area contributed by atoms with Crippen LogP contribution in [0.2, 0.25) is 0 Å². The van der Waals surface area contributed by atoms with Gasteiger partial charge in [-0.15, -0.1) is 0 Å². The van der Waals surface area contributed by atoms with Crippen LogP contribution in [-0.4, -0.2) is 19.1 Å². The molecule has 98 valence electrons. The zero-order valence-electron chi connectivity index (χ0n) is 12.0. The molecule has 16 heavy (non-hydrogen) atoms. The maximum Gasteiger partial charge on any atom is 0.319 e. The predicted molar refractivity (Wildman–Crippen MR) is 69.2 cm³/mol. The van der Waals surface area contributed by atoms with Gasteiger partial charge in [-0.1, -0.05) is 48.5 Å². The molecule has 0 aliphatic carbocycles. The summed E-state index contributed by atoms with van der Waals surface area (Å²) in [5.74, 6) is -0.327. The van der Waals surface area contributed by atoms with E-state index in [0.717, 1.165) is 6.42 Å². The molecule has 0 unspecified atom stereocenters. The topological polar surface area (TPSA) is 52.3 Å². The Morgan fingerprint density at radius 3 is 1.88 bits per heavy atom. The Labute approximate surface area is 101 Å². The molecular weight excluding hydrogens is 202 g/mol. The van der Waals surface area contributed by atoms with Crippen LogP contribution in [0.3, 0.4) is 0 Å². The highest BCUT2D eigenvalue weighted by atomic mass is 16.5. The van der Waals surface area contributed by atoms with Crippen molar-refractivity contribution in [3.05, 3.63) is 0 Å². The molecule has 0 saturated carbocycles. The van der Waals surface area contributed by atoms with Gasteiger partial charge in [0.05, 0.1) is 13.2 Å². The molecule has 0 spiro atoms. The first-order valence-corrected chi connectivity index (χ1v) is 6.02. The summed E-state index contributed by atoms with van der Waals surface area (Å²) in [4.78, 5) is 10.9. The largest absolute Gasteiger partial charge is 0.464 e. The summed E-state index contributed by atoms with van der Waals surface area (Å²) in [5.41, 5.74) is 5.42. The maximum atomic E-state index is 10.9. The second kappa shape index (κ2) is 7.66. The quantitative estimate of drug-likeness (QED) is 0.757. The lowest BCUT2D eigenvalue weighted by molar-refractivity contribution is -0.145. The Morgan fingerprint density at radius 1 is 1.12 bits per heavy atom. The van der Waals surface area contributed by atoms with Crippen LogP contribution in [0.15, 0.2) is 0 Å². The number of hydrogen-bond acceptors (Lipinski definition) is 3. The van der Waals surface area contributed by atoms with Crippen molar-refractivity contribution < 1.29 is 9.53 Å². The molecule has 0 heterocycles. The van der Waals surface area contributed by atoms with Gasteiger partial charge in [-0.3, -0.25) is 4.79 Å². The van der Waals surface area contributed by atoms with E-state index in [1.807, 2.05) is 13.8 Å². The van der Waals surface area contributed by atoms with Crippen LogP contribution in [0.5, 0.6) is 0 Å². The van der Waals surface area contributed by atoms with Crippen LogP contribution in [0, 0.1) is 10.8 Å². The van der Waals surface area contributed by atoms with Crippen molar-refractivity contribution in [2.75, 3.05) is 13.2 Å². The first-order chi connectivity index (χ1) is 7.16. The summed E-state index contributed by atoms with van der Waals surface area (Å²) >= 11 is 0. The van der Waals surface area contributed by atoms with Crippen molar-refractivity contribution in [2.45, 2.75) is 54.9 Å². The van der Waals surface area contributed by atoms with E-state index in [4.69, 9.17) is 10.5 Å². The number of hydrogen-bond donors (Lipinski definition) is 1. The van der Waals surface area contributed by atoms with Crippen molar-refractivity contribution in [1.29, 1.82) is 0 Å². The molecule has 0 rings (SSSR count). The van der Waals surface area contributed by atoms with Gasteiger partial charge in [-0.05, 0) is 17.3 Å². The Hall–Kier alpha value is -0.570. The summed E-state index contributed by atoms with van der Waals surface area (Å²) < 4.78 is 5.04. The molecule has 3 nitrogen and oxygen atoms in total. The van der Waals surface area contributed by atoms with Crippen LogP contribution in [0.1, 0.15) is 54.9 Å². The van der Waals surface area contributed by atoms with Crippen LogP contribution in [-0.2, 0) is 9.53 Å². The summed E-state index contributed by atoms with van der Waals surface area (Å²) in [5, 5.41) is 0. The van der Waals surface area contributed by atoms with Gasteiger partial charge in [0, 0.05) is 0 Å². The summed E-state index contributed by atoms with van der Waals surface area (Å²) in [6.07, 6.45) is 1.01. The minimum atomic E-state index is -0.327. The Kier molecular flexibility index (Phi) is 8.53. The van der Waals surface area contributed by atoms with E-state index in [1.54, 1.807) is 0 Å². The number of esters is 1. The number of carbonyl (C=O) groups excluding carboxylic acids is 1. The molecule has 0 aromatic carbocycles. The molecule has 3 heteroatoms. The molecule has 0 aromatic heterocycles. The fourth-order valence-corrected chi connectivity index (χ4v) is 1.82. The second-order valence-electron chi connectivity index (χ2n) is 5.77. The van der Waals surface area contributed by atoms with Crippen LogP contribution >= 0.6 is 0 Å². The molecule has 2 N–H and O–H groups in total. The minimum Gasteiger partial charge on any atom is -0.464 e. The maximum absolute atomic E-state index is 10.9. The number of ether oxygens (including phenoxy) is 1. The van der Waals surface area contributed by atoms with Gasteiger partial charge in [0.1, 0.15) is 0 Å². The highest BCUT2D eigenvalue weighted by molar-refractivity contribution is 5.71. The molecule has 0 saturated heterocycles. The zero-order chi connectivity index (χ0) is 13.4. The van der Waals surface area contributed by atoms with Gasteiger partial charge < -0.3 is 10.5 Å². The molecule has 0 bridgehead atoms. The molecular formula is C13H29NO2. The number of rotatable bonds is 4. The summed E-state index contributed by atoms with van der Waals surface area (Å²) in [6, 6.07) is 0. The Bertz CT molecular complexity index is 193. The molecule has 0 fully saturated rings. The van der Waals surface area contributed by atoms with Gasteiger partial charge in [0.25, 0.3) is 0 Å². The average Bonchev–Trinajstić information content (AvgIpc) is 2.14. The smallest absolute Gasteiger partial charge is 0.319 e. The third kappa shape index (κ3) is 11.5. The normalized spacial score (nSPS) is 11.5. The third-order valence-electron chi connectivity index (χ3n) is 1.80. The molecule has 0 amide bonds. The van der Waals surface area contributed by atoms with Gasteiger partial charge in [0.15, 0.2) is 0 Å². The van der Waals surface area contributed by atoms with E-state index in [0.29, 0.717) is 6.61 Å². The number of carbonyl (C=O) groups is 1. The van der Waals surface area contributed by atoms with E-state index in [-0.39, 0.29) is 23.3 Å². The highest BCUT2D eigenvalue weighted by Gasteiger charge is 2.26. The third-order valence-corrected chi connectivity index (χ3v) is 1.80. The second-order valence-corrected chi connectivity index (χ2v) is 5.77. The van der Waals surface area contributed by atoms with Crippen molar-refractivity contribution in [2.24, 2.45) is 16.6 Å². The van der Waals surface area contributed by atoms with E-state index < -0.39 is 0 Å². The van der Waals surface area contributed by atoms with Gasteiger partial charge >= 0.3 is 5.97 Å². The predicted octanol–water partition coefficient (Wildman–Crippen LogP) is 2.98. The van der Waals surface area contributed by atoms with E-state index in [9.17, 15) is 4.79 Å². The lowest BCUT2D eigenvalue weighted by atomic mass is 9.77. The summed E-state index contributed by atoms with van der Waals surface area (Å²) in [6.45, 7) is 15.1. The molecule has 0 atom stereocenters. The number of nitrogens with two attached hydrogens (primary N) is 1. The average molecular weight is 231 g/mol. The lowest BCUT2D eigenvalue weighted by Gasteiger charge is -2.31.